The second-order valence-corrected chi connectivity index (χ2v) is 9.50. The molecule has 5 nitrogen and oxygen atoms in total. The van der Waals surface area contributed by atoms with Crippen molar-refractivity contribution in [3.63, 3.8) is 0 Å². The van der Waals surface area contributed by atoms with Crippen LogP contribution < -0.4 is 4.90 Å². The first kappa shape index (κ1) is 22.4. The summed E-state index contributed by atoms with van der Waals surface area (Å²) >= 11 is 0. The highest BCUT2D eigenvalue weighted by Crippen LogP contribution is 2.47. The fourth-order valence-electron chi connectivity index (χ4n) is 4.74. The Morgan fingerprint density at radius 2 is 1.90 bits per heavy atom. The molecule has 0 aliphatic carbocycles. The van der Waals surface area contributed by atoms with Gasteiger partial charge in [0, 0.05) is 49.8 Å². The van der Waals surface area contributed by atoms with Crippen molar-refractivity contribution in [2.45, 2.75) is 39.8 Å². The molecule has 1 aromatic rings. The molecule has 1 aromatic carbocycles. The number of halogens is 3. The van der Waals surface area contributed by atoms with Crippen molar-refractivity contribution in [2.75, 3.05) is 37.7 Å². The predicted octanol–water partition coefficient (Wildman–Crippen LogP) is 3.66. The minimum atomic E-state index is -4.60. The number of amides is 1. The third-order valence-electron chi connectivity index (χ3n) is 6.52. The van der Waals surface area contributed by atoms with E-state index in [2.05, 4.69) is 0 Å². The smallest absolute Gasteiger partial charge is 0.396 e. The van der Waals surface area contributed by atoms with Crippen LogP contribution in [0.25, 0.3) is 0 Å². The number of rotatable bonds is 2. The van der Waals surface area contributed by atoms with Crippen LogP contribution in [0.2, 0.25) is 0 Å². The molecule has 8 heteroatoms. The van der Waals surface area contributed by atoms with Crippen LogP contribution in [0.1, 0.15) is 44.7 Å². The lowest BCUT2D eigenvalue weighted by atomic mass is 9.71. The average Bonchev–Trinajstić information content (AvgIpc) is 3.04. The van der Waals surface area contributed by atoms with Crippen molar-refractivity contribution < 1.29 is 23.1 Å². The van der Waals surface area contributed by atoms with Crippen molar-refractivity contribution in [2.24, 2.45) is 16.7 Å². The fraction of sp³-hybridized carbons (Fsp3) is 0.636. The number of carbonyl (C=O) groups excluding carboxylic acids is 1. The normalized spacial score (nSPS) is 21.7. The minimum absolute atomic E-state index is 0.0495. The molecular weight excluding hydrogens is 395 g/mol. The fourth-order valence-corrected chi connectivity index (χ4v) is 4.74. The van der Waals surface area contributed by atoms with Gasteiger partial charge in [-0.1, -0.05) is 20.8 Å². The van der Waals surface area contributed by atoms with Crippen LogP contribution in [-0.2, 0) is 11.0 Å². The molecule has 3 rings (SSSR count). The Balaban J connectivity index is 1.81. The standard InChI is InChI=1S/C22H28F3N3O2/c1-20(2,3)19(30)27-8-6-21(7-9-27)14-28(12-16(21)13-29)17-5-4-15(11-26)18(10-17)22(23,24)25/h4-5,10,16,29H,6-9,12-14H2,1-3H3. The lowest BCUT2D eigenvalue weighted by Gasteiger charge is -2.43. The van der Waals surface area contributed by atoms with Crippen LogP contribution in [0.3, 0.4) is 0 Å². The van der Waals surface area contributed by atoms with Crippen molar-refractivity contribution in [1.82, 2.24) is 4.90 Å². The van der Waals surface area contributed by atoms with Crippen LogP contribution in [-0.4, -0.2) is 48.7 Å². The van der Waals surface area contributed by atoms with Gasteiger partial charge in [-0.3, -0.25) is 4.79 Å². The zero-order chi connectivity index (χ0) is 22.3. The first-order chi connectivity index (χ1) is 13.9. The van der Waals surface area contributed by atoms with E-state index in [0.717, 1.165) is 6.07 Å². The summed E-state index contributed by atoms with van der Waals surface area (Å²) in [6.45, 7) is 7.76. The molecule has 2 heterocycles. The highest BCUT2D eigenvalue weighted by atomic mass is 19.4. The van der Waals surface area contributed by atoms with E-state index in [1.54, 1.807) is 12.1 Å². The number of aliphatic hydroxyl groups is 1. The summed E-state index contributed by atoms with van der Waals surface area (Å²) in [5.41, 5.74) is -1.62. The molecule has 2 aliphatic heterocycles. The first-order valence-electron chi connectivity index (χ1n) is 10.2. The van der Waals surface area contributed by atoms with Gasteiger partial charge in [-0.25, -0.2) is 0 Å². The van der Waals surface area contributed by atoms with Gasteiger partial charge in [-0.15, -0.1) is 0 Å². The second kappa shape index (κ2) is 7.77. The molecule has 2 aliphatic rings. The molecular formula is C22H28F3N3O2. The number of likely N-dealkylation sites (tertiary alicyclic amines) is 1. The number of hydrogen-bond acceptors (Lipinski definition) is 4. The van der Waals surface area contributed by atoms with Crippen LogP contribution in [0.4, 0.5) is 18.9 Å². The van der Waals surface area contributed by atoms with Crippen molar-refractivity contribution >= 4 is 11.6 Å². The van der Waals surface area contributed by atoms with E-state index in [0.29, 0.717) is 44.7 Å². The average molecular weight is 423 g/mol. The Labute approximate surface area is 175 Å². The minimum Gasteiger partial charge on any atom is -0.396 e. The Bertz CT molecular complexity index is 847. The van der Waals surface area contributed by atoms with E-state index >= 15 is 0 Å². The van der Waals surface area contributed by atoms with Crippen molar-refractivity contribution in [3.05, 3.63) is 29.3 Å². The van der Waals surface area contributed by atoms with Crippen LogP contribution in [0.5, 0.6) is 0 Å². The van der Waals surface area contributed by atoms with E-state index in [-0.39, 0.29) is 23.8 Å². The highest BCUT2D eigenvalue weighted by Gasteiger charge is 2.49. The Morgan fingerprint density at radius 3 is 2.40 bits per heavy atom. The number of nitriles is 1. The second-order valence-electron chi connectivity index (χ2n) is 9.50. The van der Waals surface area contributed by atoms with Crippen LogP contribution >= 0.6 is 0 Å². The third-order valence-corrected chi connectivity index (χ3v) is 6.52. The molecule has 30 heavy (non-hydrogen) atoms. The summed E-state index contributed by atoms with van der Waals surface area (Å²) in [5.74, 6) is 0.0176. The molecule has 1 spiro atoms. The number of nitrogens with zero attached hydrogens (tertiary/aromatic N) is 3. The maximum atomic E-state index is 13.4. The van der Waals surface area contributed by atoms with Crippen molar-refractivity contribution in [1.29, 1.82) is 5.26 Å². The number of piperidine rings is 1. The van der Waals surface area contributed by atoms with Crippen LogP contribution in [0, 0.1) is 28.1 Å². The number of benzene rings is 1. The number of aliphatic hydroxyl groups excluding tert-OH is 1. The summed E-state index contributed by atoms with van der Waals surface area (Å²) in [6, 6.07) is 5.39. The summed E-state index contributed by atoms with van der Waals surface area (Å²) in [5, 5.41) is 19.0. The Hall–Kier alpha value is -2.27. The zero-order valence-electron chi connectivity index (χ0n) is 17.6. The molecule has 1 N–H and O–H groups in total. The molecule has 0 bridgehead atoms. The number of hydrogen-bond donors (Lipinski definition) is 1. The van der Waals surface area contributed by atoms with E-state index in [9.17, 15) is 23.1 Å². The van der Waals surface area contributed by atoms with Gasteiger partial charge in [0.1, 0.15) is 0 Å². The summed E-state index contributed by atoms with van der Waals surface area (Å²) in [6.07, 6.45) is -3.19. The number of carbonyl (C=O) groups is 1. The van der Waals surface area contributed by atoms with E-state index in [1.807, 2.05) is 30.6 Å². The lowest BCUT2D eigenvalue weighted by molar-refractivity contribution is -0.142. The van der Waals surface area contributed by atoms with Gasteiger partial charge in [0.2, 0.25) is 5.91 Å². The zero-order valence-corrected chi connectivity index (χ0v) is 17.6. The van der Waals surface area contributed by atoms with Gasteiger partial charge < -0.3 is 14.9 Å². The van der Waals surface area contributed by atoms with Gasteiger partial charge in [-0.2, -0.15) is 18.4 Å². The molecule has 1 amide bonds. The largest absolute Gasteiger partial charge is 0.417 e. The molecule has 0 aromatic heterocycles. The maximum absolute atomic E-state index is 13.4. The quantitative estimate of drug-likeness (QED) is 0.788. The van der Waals surface area contributed by atoms with Gasteiger partial charge in [-0.05, 0) is 36.5 Å². The van der Waals surface area contributed by atoms with Crippen molar-refractivity contribution in [3.8, 4) is 6.07 Å². The molecule has 2 fully saturated rings. The van der Waals surface area contributed by atoms with Gasteiger partial charge in [0.15, 0.2) is 0 Å². The third kappa shape index (κ3) is 4.13. The monoisotopic (exact) mass is 423 g/mol. The first-order valence-corrected chi connectivity index (χ1v) is 10.2. The highest BCUT2D eigenvalue weighted by molar-refractivity contribution is 5.81. The maximum Gasteiger partial charge on any atom is 0.417 e. The van der Waals surface area contributed by atoms with Crippen LogP contribution in [0.15, 0.2) is 18.2 Å². The van der Waals surface area contributed by atoms with Gasteiger partial charge in [0.25, 0.3) is 0 Å². The topological polar surface area (TPSA) is 67.6 Å². The Morgan fingerprint density at radius 1 is 1.27 bits per heavy atom. The Kier molecular flexibility index (Phi) is 5.80. The predicted molar refractivity (Wildman–Crippen MR) is 107 cm³/mol. The van der Waals surface area contributed by atoms with Gasteiger partial charge in [0.05, 0.1) is 17.2 Å². The molecule has 2 saturated heterocycles. The molecule has 1 unspecified atom stereocenters. The van der Waals surface area contributed by atoms with E-state index in [1.165, 1.54) is 6.07 Å². The number of alkyl halides is 3. The van der Waals surface area contributed by atoms with E-state index < -0.39 is 22.7 Å². The van der Waals surface area contributed by atoms with Gasteiger partial charge >= 0.3 is 6.18 Å². The molecule has 0 saturated carbocycles. The lowest BCUT2D eigenvalue weighted by Crippen LogP contribution is -2.49. The number of anilines is 1. The summed E-state index contributed by atoms with van der Waals surface area (Å²) in [7, 11) is 0. The SMILES string of the molecule is CC(C)(C)C(=O)N1CCC2(CC1)CN(c1ccc(C#N)c(C(F)(F)F)c1)CC2CO. The molecule has 1 atom stereocenters. The molecule has 164 valence electrons. The summed E-state index contributed by atoms with van der Waals surface area (Å²) < 4.78 is 40.1. The summed E-state index contributed by atoms with van der Waals surface area (Å²) in [4.78, 5) is 16.3. The molecule has 0 radical (unpaired) electrons. The van der Waals surface area contributed by atoms with E-state index in [4.69, 9.17) is 5.26 Å².